The Bertz CT molecular complexity index is 1520. The molecule has 3 aromatic heterocycles. The lowest BCUT2D eigenvalue weighted by Crippen LogP contribution is -2.28. The van der Waals surface area contributed by atoms with Crippen molar-refractivity contribution in [2.24, 2.45) is 0 Å². The van der Waals surface area contributed by atoms with Gasteiger partial charge in [-0.05, 0) is 90.6 Å². The van der Waals surface area contributed by atoms with Crippen molar-refractivity contribution in [2.45, 2.75) is 53.2 Å². The van der Waals surface area contributed by atoms with Gasteiger partial charge in [0.25, 0.3) is 11.5 Å². The van der Waals surface area contributed by atoms with Crippen molar-refractivity contribution in [1.82, 2.24) is 35.3 Å². The molecular formula is C30H39N7O2. The number of nitrogens with one attached hydrogen (secondary N) is 3. The van der Waals surface area contributed by atoms with Crippen LogP contribution >= 0.6 is 0 Å². The van der Waals surface area contributed by atoms with E-state index in [2.05, 4.69) is 51.8 Å². The normalized spacial score (nSPS) is 11.6. The van der Waals surface area contributed by atoms with E-state index in [1.165, 1.54) is 0 Å². The molecule has 0 fully saturated rings. The zero-order valence-corrected chi connectivity index (χ0v) is 23.8. The maximum absolute atomic E-state index is 13.5. The zero-order valence-electron chi connectivity index (χ0n) is 23.8. The average Bonchev–Trinajstić information content (AvgIpc) is 3.31. The molecule has 0 aliphatic rings. The highest BCUT2D eigenvalue weighted by Crippen LogP contribution is 2.27. The van der Waals surface area contributed by atoms with Crippen molar-refractivity contribution in [2.75, 3.05) is 27.2 Å². The van der Waals surface area contributed by atoms with E-state index >= 15 is 0 Å². The molecule has 39 heavy (non-hydrogen) atoms. The van der Waals surface area contributed by atoms with Crippen LogP contribution in [0.1, 0.15) is 59.1 Å². The number of aryl methyl sites for hydroxylation is 2. The number of carbonyl (C=O) groups excluding carboxylic acids is 1. The highest BCUT2D eigenvalue weighted by molar-refractivity contribution is 6.06. The third kappa shape index (κ3) is 6.79. The average molecular weight is 530 g/mol. The van der Waals surface area contributed by atoms with E-state index < -0.39 is 0 Å². The first kappa shape index (κ1) is 28.2. The molecule has 0 saturated carbocycles. The molecule has 3 heterocycles. The summed E-state index contributed by atoms with van der Waals surface area (Å²) in [5, 5.41) is 11.7. The summed E-state index contributed by atoms with van der Waals surface area (Å²) in [7, 11) is 4.16. The molecular weight excluding hydrogens is 490 g/mol. The van der Waals surface area contributed by atoms with Crippen LogP contribution in [0.2, 0.25) is 0 Å². The fourth-order valence-corrected chi connectivity index (χ4v) is 4.69. The van der Waals surface area contributed by atoms with Crippen molar-refractivity contribution >= 4 is 16.9 Å². The molecule has 206 valence electrons. The number of nitrogens with zero attached hydrogens (tertiary/aromatic N) is 4. The summed E-state index contributed by atoms with van der Waals surface area (Å²) in [6.07, 6.45) is 2.77. The fourth-order valence-electron chi connectivity index (χ4n) is 4.69. The van der Waals surface area contributed by atoms with Crippen LogP contribution in [-0.2, 0) is 13.1 Å². The number of pyridine rings is 2. The molecule has 9 nitrogen and oxygen atoms in total. The molecule has 0 atom stereocenters. The van der Waals surface area contributed by atoms with Gasteiger partial charge in [-0.1, -0.05) is 18.2 Å². The Morgan fingerprint density at radius 1 is 1.13 bits per heavy atom. The van der Waals surface area contributed by atoms with E-state index in [9.17, 15) is 9.59 Å². The van der Waals surface area contributed by atoms with Gasteiger partial charge in [0, 0.05) is 36.0 Å². The Labute approximate surface area is 229 Å². The first-order valence-electron chi connectivity index (χ1n) is 13.4. The molecule has 3 N–H and O–H groups in total. The Kier molecular flexibility index (Phi) is 8.93. The number of rotatable bonds is 11. The van der Waals surface area contributed by atoms with Crippen LogP contribution in [-0.4, -0.2) is 57.7 Å². The minimum absolute atomic E-state index is 0.0765. The smallest absolute Gasteiger partial charge is 0.253 e. The SMILES string of the molecule is Cc1cc(C)c(CNC(=O)c2cc(-c3cccc(CNCCCN(C)C)c3)nc3c2cnn3C(C)C)c(=O)[nH]1. The summed E-state index contributed by atoms with van der Waals surface area (Å²) >= 11 is 0. The van der Waals surface area contributed by atoms with Crippen LogP contribution in [0.4, 0.5) is 0 Å². The molecule has 0 aliphatic carbocycles. The van der Waals surface area contributed by atoms with Gasteiger partial charge in [-0.15, -0.1) is 0 Å². The van der Waals surface area contributed by atoms with Crippen LogP contribution in [0.25, 0.3) is 22.3 Å². The number of H-pyrrole nitrogens is 1. The van der Waals surface area contributed by atoms with Gasteiger partial charge in [0.05, 0.1) is 22.8 Å². The van der Waals surface area contributed by atoms with Gasteiger partial charge in [-0.2, -0.15) is 5.10 Å². The molecule has 0 bridgehead atoms. The molecule has 1 aromatic carbocycles. The molecule has 0 unspecified atom stereocenters. The molecule has 0 radical (unpaired) electrons. The van der Waals surface area contributed by atoms with E-state index in [-0.39, 0.29) is 24.1 Å². The van der Waals surface area contributed by atoms with Crippen LogP contribution in [0.5, 0.6) is 0 Å². The number of hydrogen-bond donors (Lipinski definition) is 3. The lowest BCUT2D eigenvalue weighted by Gasteiger charge is -2.13. The predicted molar refractivity (Wildman–Crippen MR) is 156 cm³/mol. The quantitative estimate of drug-likeness (QED) is 0.254. The van der Waals surface area contributed by atoms with Crippen molar-refractivity contribution < 1.29 is 4.79 Å². The lowest BCUT2D eigenvalue weighted by molar-refractivity contribution is 0.0952. The number of benzene rings is 1. The van der Waals surface area contributed by atoms with Gasteiger partial charge >= 0.3 is 0 Å². The highest BCUT2D eigenvalue weighted by atomic mass is 16.1. The summed E-state index contributed by atoms with van der Waals surface area (Å²) < 4.78 is 1.83. The molecule has 9 heteroatoms. The number of hydrogen-bond acceptors (Lipinski definition) is 6. The zero-order chi connectivity index (χ0) is 28.1. The van der Waals surface area contributed by atoms with Gasteiger partial charge in [0.15, 0.2) is 5.65 Å². The van der Waals surface area contributed by atoms with Crippen molar-refractivity contribution in [3.63, 3.8) is 0 Å². The first-order valence-corrected chi connectivity index (χ1v) is 13.4. The van der Waals surface area contributed by atoms with E-state index in [0.717, 1.165) is 48.4 Å². The Morgan fingerprint density at radius 2 is 1.92 bits per heavy atom. The third-order valence-electron chi connectivity index (χ3n) is 6.73. The van der Waals surface area contributed by atoms with Gasteiger partial charge in [0.2, 0.25) is 0 Å². The lowest BCUT2D eigenvalue weighted by atomic mass is 10.0. The number of amides is 1. The number of fused-ring (bicyclic) bond motifs is 1. The monoisotopic (exact) mass is 529 g/mol. The number of carbonyl (C=O) groups is 1. The van der Waals surface area contributed by atoms with Crippen LogP contribution in [0.3, 0.4) is 0 Å². The molecule has 4 rings (SSSR count). The van der Waals surface area contributed by atoms with E-state index in [4.69, 9.17) is 4.98 Å². The maximum atomic E-state index is 13.5. The minimum atomic E-state index is -0.273. The van der Waals surface area contributed by atoms with Crippen LogP contribution < -0.4 is 16.2 Å². The van der Waals surface area contributed by atoms with Gasteiger partial charge in [0.1, 0.15) is 0 Å². The van der Waals surface area contributed by atoms with Crippen molar-refractivity contribution in [3.05, 3.63) is 80.9 Å². The molecule has 0 aliphatic heterocycles. The largest absolute Gasteiger partial charge is 0.348 e. The second-order valence-electron chi connectivity index (χ2n) is 10.6. The summed E-state index contributed by atoms with van der Waals surface area (Å²) in [5.41, 5.74) is 5.92. The Morgan fingerprint density at radius 3 is 2.64 bits per heavy atom. The number of aromatic nitrogens is 4. The van der Waals surface area contributed by atoms with Crippen LogP contribution in [0, 0.1) is 13.8 Å². The summed E-state index contributed by atoms with van der Waals surface area (Å²) in [6, 6.07) is 12.0. The van der Waals surface area contributed by atoms with E-state index in [1.54, 1.807) is 6.20 Å². The molecule has 0 spiro atoms. The van der Waals surface area contributed by atoms with Gasteiger partial charge in [-0.25, -0.2) is 9.67 Å². The Hall–Kier alpha value is -3.82. The maximum Gasteiger partial charge on any atom is 0.253 e. The van der Waals surface area contributed by atoms with E-state index in [0.29, 0.717) is 27.9 Å². The van der Waals surface area contributed by atoms with Gasteiger partial charge in [-0.3, -0.25) is 9.59 Å². The van der Waals surface area contributed by atoms with Gasteiger partial charge < -0.3 is 20.5 Å². The molecule has 1 amide bonds. The van der Waals surface area contributed by atoms with Crippen molar-refractivity contribution in [3.8, 4) is 11.3 Å². The summed E-state index contributed by atoms with van der Waals surface area (Å²) in [6.45, 7) is 10.7. The fraction of sp³-hybridized carbons (Fsp3) is 0.400. The van der Waals surface area contributed by atoms with Crippen molar-refractivity contribution in [1.29, 1.82) is 0 Å². The second kappa shape index (κ2) is 12.4. The van der Waals surface area contributed by atoms with E-state index in [1.807, 2.05) is 56.6 Å². The second-order valence-corrected chi connectivity index (χ2v) is 10.6. The van der Waals surface area contributed by atoms with Crippen LogP contribution in [0.15, 0.2) is 47.4 Å². The predicted octanol–water partition coefficient (Wildman–Crippen LogP) is 3.96. The molecule has 4 aromatic rings. The summed E-state index contributed by atoms with van der Waals surface area (Å²) in [4.78, 5) is 35.9. The highest BCUT2D eigenvalue weighted by Gasteiger charge is 2.19. The topological polar surface area (TPSA) is 108 Å². The number of aromatic amines is 1. The minimum Gasteiger partial charge on any atom is -0.348 e. The molecule has 0 saturated heterocycles. The summed E-state index contributed by atoms with van der Waals surface area (Å²) in [5.74, 6) is -0.273. The standard InChI is InChI=1S/C30H39N7O2/c1-19(2)37-28-26(18-33-37)24(29(38)32-17-25-20(3)13-21(4)34-30(25)39)15-27(35-28)23-10-7-9-22(14-23)16-31-11-8-12-36(5)6/h7,9-10,13-15,18-19,31H,8,11-12,16-17H2,1-6H3,(H,32,38)(H,34,39). The third-order valence-corrected chi connectivity index (χ3v) is 6.73. The Balaban J connectivity index is 1.63. The first-order chi connectivity index (χ1) is 18.6.